The zero-order valence-corrected chi connectivity index (χ0v) is 11.0. The third kappa shape index (κ3) is 2.15. The van der Waals surface area contributed by atoms with Crippen LogP contribution in [-0.4, -0.2) is 9.97 Å². The Hall–Kier alpha value is -2.42. The largest absolute Gasteiger partial charge is 0.398 e. The molecule has 0 radical (unpaired) electrons. The van der Waals surface area contributed by atoms with Gasteiger partial charge in [0.25, 0.3) is 0 Å². The van der Waals surface area contributed by atoms with E-state index in [9.17, 15) is 0 Å². The van der Waals surface area contributed by atoms with E-state index in [0.29, 0.717) is 0 Å². The number of nitrogens with zero attached hydrogens (tertiary/aromatic N) is 2. The Morgan fingerprint density at radius 3 is 2.37 bits per heavy atom. The summed E-state index contributed by atoms with van der Waals surface area (Å²) < 4.78 is 0. The number of fused-ring (bicyclic) bond motifs is 1. The molecule has 3 nitrogen and oxygen atoms in total. The van der Waals surface area contributed by atoms with Crippen molar-refractivity contribution in [2.45, 2.75) is 13.8 Å². The standard InChI is InChI=1S/C16H15N3/c1-10-5-13(6-11(2)19-10)14-7-12-3-4-18-9-15(12)16(17)8-14/h3-9H,17H2,1-2H3. The van der Waals surface area contributed by atoms with Crippen molar-refractivity contribution in [3.8, 4) is 11.1 Å². The summed E-state index contributed by atoms with van der Waals surface area (Å²) in [5, 5.41) is 2.10. The number of nitrogen functional groups attached to an aromatic ring is 1. The average molecular weight is 249 g/mol. The van der Waals surface area contributed by atoms with E-state index in [1.807, 2.05) is 26.0 Å². The molecule has 3 aromatic rings. The number of anilines is 1. The van der Waals surface area contributed by atoms with E-state index in [4.69, 9.17) is 5.73 Å². The van der Waals surface area contributed by atoms with Crippen molar-refractivity contribution in [3.05, 3.63) is 54.1 Å². The van der Waals surface area contributed by atoms with E-state index in [-0.39, 0.29) is 0 Å². The Bertz CT molecular complexity index is 743. The van der Waals surface area contributed by atoms with Crippen LogP contribution in [0.1, 0.15) is 11.4 Å². The van der Waals surface area contributed by atoms with E-state index >= 15 is 0 Å². The molecule has 2 heterocycles. The van der Waals surface area contributed by atoms with Crippen molar-refractivity contribution in [2.75, 3.05) is 5.73 Å². The van der Waals surface area contributed by atoms with Crippen LogP contribution in [0.4, 0.5) is 5.69 Å². The molecular weight excluding hydrogens is 234 g/mol. The van der Waals surface area contributed by atoms with E-state index in [0.717, 1.165) is 39.0 Å². The summed E-state index contributed by atoms with van der Waals surface area (Å²) in [6.07, 6.45) is 3.59. The average Bonchev–Trinajstić information content (AvgIpc) is 2.37. The van der Waals surface area contributed by atoms with Gasteiger partial charge in [-0.1, -0.05) is 0 Å². The smallest absolute Gasteiger partial charge is 0.0415 e. The molecule has 0 saturated heterocycles. The van der Waals surface area contributed by atoms with E-state index < -0.39 is 0 Å². The lowest BCUT2D eigenvalue weighted by molar-refractivity contribution is 1.12. The Kier molecular flexibility index (Phi) is 2.67. The highest BCUT2D eigenvalue weighted by Gasteiger charge is 2.05. The number of nitrogens with two attached hydrogens (primary N) is 1. The van der Waals surface area contributed by atoms with Crippen LogP contribution in [0, 0.1) is 13.8 Å². The molecule has 2 aromatic heterocycles. The van der Waals surface area contributed by atoms with Crippen LogP contribution in [0.2, 0.25) is 0 Å². The first-order valence-electron chi connectivity index (χ1n) is 6.22. The van der Waals surface area contributed by atoms with E-state index in [2.05, 4.69) is 28.2 Å². The second-order valence-electron chi connectivity index (χ2n) is 4.80. The molecule has 3 heteroatoms. The number of aromatic nitrogens is 2. The highest BCUT2D eigenvalue weighted by Crippen LogP contribution is 2.29. The summed E-state index contributed by atoms with van der Waals surface area (Å²) in [6.45, 7) is 4.01. The molecule has 1 aromatic carbocycles. The zero-order valence-electron chi connectivity index (χ0n) is 11.0. The van der Waals surface area contributed by atoms with Crippen LogP contribution in [0.3, 0.4) is 0 Å². The van der Waals surface area contributed by atoms with Gasteiger partial charge in [-0.3, -0.25) is 9.97 Å². The number of hydrogen-bond donors (Lipinski definition) is 1. The molecule has 0 aliphatic carbocycles. The number of benzene rings is 1. The molecule has 2 N–H and O–H groups in total. The molecule has 0 atom stereocenters. The van der Waals surface area contributed by atoms with Crippen molar-refractivity contribution in [1.82, 2.24) is 9.97 Å². The van der Waals surface area contributed by atoms with Crippen molar-refractivity contribution < 1.29 is 0 Å². The third-order valence-corrected chi connectivity index (χ3v) is 3.20. The molecule has 0 fully saturated rings. The molecule has 0 unspecified atom stereocenters. The maximum absolute atomic E-state index is 6.11. The Balaban J connectivity index is 2.25. The van der Waals surface area contributed by atoms with Gasteiger partial charge >= 0.3 is 0 Å². The topological polar surface area (TPSA) is 51.8 Å². The van der Waals surface area contributed by atoms with Crippen LogP contribution in [-0.2, 0) is 0 Å². The molecule has 0 saturated carbocycles. The lowest BCUT2D eigenvalue weighted by Gasteiger charge is -2.08. The molecule has 0 aliphatic heterocycles. The fourth-order valence-electron chi connectivity index (χ4n) is 2.39. The first-order valence-corrected chi connectivity index (χ1v) is 6.22. The maximum atomic E-state index is 6.11. The molecular formula is C16H15N3. The fraction of sp³-hybridized carbons (Fsp3) is 0.125. The van der Waals surface area contributed by atoms with Crippen molar-refractivity contribution in [1.29, 1.82) is 0 Å². The van der Waals surface area contributed by atoms with Crippen molar-refractivity contribution in [2.24, 2.45) is 0 Å². The van der Waals surface area contributed by atoms with Crippen molar-refractivity contribution >= 4 is 16.5 Å². The lowest BCUT2D eigenvalue weighted by Crippen LogP contribution is -1.92. The predicted molar refractivity (Wildman–Crippen MR) is 78.9 cm³/mol. The number of hydrogen-bond acceptors (Lipinski definition) is 3. The predicted octanol–water partition coefficient (Wildman–Crippen LogP) is 3.50. The van der Waals surface area contributed by atoms with Crippen molar-refractivity contribution in [3.63, 3.8) is 0 Å². The van der Waals surface area contributed by atoms with Crippen LogP contribution < -0.4 is 5.73 Å². The normalized spacial score (nSPS) is 10.8. The van der Waals surface area contributed by atoms with E-state index in [1.165, 1.54) is 0 Å². The van der Waals surface area contributed by atoms with E-state index in [1.54, 1.807) is 12.4 Å². The molecule has 19 heavy (non-hydrogen) atoms. The highest BCUT2D eigenvalue weighted by molar-refractivity contribution is 5.96. The first kappa shape index (κ1) is 11.7. The Morgan fingerprint density at radius 1 is 0.947 bits per heavy atom. The van der Waals surface area contributed by atoms with Gasteiger partial charge in [-0.25, -0.2) is 0 Å². The third-order valence-electron chi connectivity index (χ3n) is 3.20. The van der Waals surface area contributed by atoms with Gasteiger partial charge in [0.1, 0.15) is 0 Å². The second-order valence-corrected chi connectivity index (χ2v) is 4.80. The molecule has 0 aliphatic rings. The summed E-state index contributed by atoms with van der Waals surface area (Å²) in [5.74, 6) is 0. The summed E-state index contributed by atoms with van der Waals surface area (Å²) in [6, 6.07) is 10.3. The van der Waals surface area contributed by atoms with Gasteiger partial charge in [0.15, 0.2) is 0 Å². The molecule has 0 spiro atoms. The first-order chi connectivity index (χ1) is 9.13. The Morgan fingerprint density at radius 2 is 1.63 bits per heavy atom. The quantitative estimate of drug-likeness (QED) is 0.671. The van der Waals surface area contributed by atoms with Gasteiger partial charge in [0, 0.05) is 34.9 Å². The summed E-state index contributed by atoms with van der Waals surface area (Å²) >= 11 is 0. The zero-order chi connectivity index (χ0) is 13.4. The fourth-order valence-corrected chi connectivity index (χ4v) is 2.39. The van der Waals surface area contributed by atoms with Gasteiger partial charge in [-0.15, -0.1) is 0 Å². The van der Waals surface area contributed by atoms with Gasteiger partial charge in [0.2, 0.25) is 0 Å². The van der Waals surface area contributed by atoms with Crippen LogP contribution in [0.25, 0.3) is 21.9 Å². The highest BCUT2D eigenvalue weighted by atomic mass is 14.7. The summed E-state index contributed by atoms with van der Waals surface area (Å²) in [7, 11) is 0. The SMILES string of the molecule is Cc1cc(-c2cc(N)c3cnccc3c2)cc(C)n1. The lowest BCUT2D eigenvalue weighted by atomic mass is 10.0. The number of aryl methyl sites for hydroxylation is 2. The van der Waals surface area contributed by atoms with Gasteiger partial charge in [-0.05, 0) is 60.7 Å². The minimum absolute atomic E-state index is 0.757. The minimum atomic E-state index is 0.757. The maximum Gasteiger partial charge on any atom is 0.0415 e. The van der Waals surface area contributed by atoms with Gasteiger partial charge < -0.3 is 5.73 Å². The monoisotopic (exact) mass is 249 g/mol. The molecule has 3 rings (SSSR count). The van der Waals surface area contributed by atoms with Crippen LogP contribution >= 0.6 is 0 Å². The number of pyridine rings is 2. The Labute approximate surface area is 112 Å². The summed E-state index contributed by atoms with van der Waals surface area (Å²) in [5.41, 5.74) is 11.2. The van der Waals surface area contributed by atoms with Crippen LogP contribution in [0.5, 0.6) is 0 Å². The second kappa shape index (κ2) is 4.35. The number of rotatable bonds is 1. The van der Waals surface area contributed by atoms with Gasteiger partial charge in [-0.2, -0.15) is 0 Å². The molecule has 94 valence electrons. The van der Waals surface area contributed by atoms with Crippen LogP contribution in [0.15, 0.2) is 42.7 Å². The van der Waals surface area contributed by atoms with Gasteiger partial charge in [0.05, 0.1) is 0 Å². The molecule has 0 bridgehead atoms. The minimum Gasteiger partial charge on any atom is -0.398 e. The molecule has 0 amide bonds. The summed E-state index contributed by atoms with van der Waals surface area (Å²) in [4.78, 5) is 8.52.